The van der Waals surface area contributed by atoms with E-state index in [4.69, 9.17) is 0 Å². The van der Waals surface area contributed by atoms with Crippen molar-refractivity contribution in [2.75, 3.05) is 23.1 Å². The molecule has 0 fully saturated rings. The Morgan fingerprint density at radius 2 is 1.17 bits per heavy atom. The second-order valence-corrected chi connectivity index (χ2v) is 6.28. The molecule has 0 aliphatic heterocycles. The van der Waals surface area contributed by atoms with Gasteiger partial charge in [0, 0.05) is 17.8 Å². The van der Waals surface area contributed by atoms with Crippen molar-refractivity contribution in [2.45, 2.75) is 6.42 Å². The van der Waals surface area contributed by atoms with Crippen molar-refractivity contribution in [2.24, 2.45) is 0 Å². The van der Waals surface area contributed by atoms with Crippen LogP contribution in [0.5, 0.6) is 0 Å². The van der Waals surface area contributed by atoms with Crippen LogP contribution in [0, 0.1) is 0 Å². The molecule has 2 amide bonds. The number of hydrogen-bond acceptors (Lipinski definition) is 4. The van der Waals surface area contributed by atoms with E-state index in [0.717, 1.165) is 46.0 Å². The van der Waals surface area contributed by atoms with Gasteiger partial charge in [0.25, 0.3) is 10.5 Å². The topological polar surface area (TPSA) is 58.2 Å². The molecule has 120 valence electrons. The first kappa shape index (κ1) is 17.4. The lowest BCUT2D eigenvalue weighted by Crippen LogP contribution is -2.09. The number of carbonyl (C=O) groups is 2. The van der Waals surface area contributed by atoms with Crippen LogP contribution in [0.3, 0.4) is 0 Å². The van der Waals surface area contributed by atoms with Gasteiger partial charge in [0.05, 0.1) is 0 Å². The minimum absolute atomic E-state index is 0.0959. The molecule has 6 heteroatoms. The fraction of sp³-hybridized carbons (Fsp3) is 0.176. The van der Waals surface area contributed by atoms with Crippen molar-refractivity contribution in [3.8, 4) is 0 Å². The van der Waals surface area contributed by atoms with Gasteiger partial charge >= 0.3 is 0 Å². The van der Waals surface area contributed by atoms with E-state index in [1.807, 2.05) is 48.5 Å². The summed E-state index contributed by atoms with van der Waals surface area (Å²) in [4.78, 5) is 23.3. The molecule has 0 saturated carbocycles. The van der Waals surface area contributed by atoms with E-state index in [9.17, 15) is 9.59 Å². The lowest BCUT2D eigenvalue weighted by Gasteiger charge is -2.13. The number of anilines is 2. The molecule has 0 aliphatic carbocycles. The zero-order valence-corrected chi connectivity index (χ0v) is 14.6. The predicted molar refractivity (Wildman–Crippen MR) is 101 cm³/mol. The SMILES string of the molecule is CSC(=O)Nc1ccccc1Cc1ccccc1NC(=O)SC. The van der Waals surface area contributed by atoms with E-state index >= 15 is 0 Å². The normalized spacial score (nSPS) is 10.2. The number of nitrogens with one attached hydrogen (secondary N) is 2. The fourth-order valence-corrected chi connectivity index (χ4v) is 2.54. The highest BCUT2D eigenvalue weighted by molar-refractivity contribution is 8.13. The lowest BCUT2D eigenvalue weighted by atomic mass is 10.0. The lowest BCUT2D eigenvalue weighted by molar-refractivity contribution is 0.269. The Labute approximate surface area is 144 Å². The molecule has 2 aromatic carbocycles. The second kappa shape index (κ2) is 8.64. The molecule has 0 radical (unpaired) electrons. The van der Waals surface area contributed by atoms with Gasteiger partial charge in [0.1, 0.15) is 0 Å². The van der Waals surface area contributed by atoms with Gasteiger partial charge in [0.15, 0.2) is 0 Å². The first-order valence-electron chi connectivity index (χ1n) is 6.99. The van der Waals surface area contributed by atoms with Gasteiger partial charge in [0.2, 0.25) is 0 Å². The van der Waals surface area contributed by atoms with E-state index in [2.05, 4.69) is 10.6 Å². The summed E-state index contributed by atoms with van der Waals surface area (Å²) in [5, 5.41) is 5.58. The molecule has 0 spiro atoms. The molecular weight excluding hydrogens is 328 g/mol. The van der Waals surface area contributed by atoms with Crippen LogP contribution in [0.4, 0.5) is 21.0 Å². The van der Waals surface area contributed by atoms with E-state index in [0.29, 0.717) is 6.42 Å². The summed E-state index contributed by atoms with van der Waals surface area (Å²) in [6, 6.07) is 15.4. The molecule has 0 heterocycles. The molecule has 0 unspecified atom stereocenters. The standard InChI is InChI=1S/C17H18N2O2S2/c1-22-16(20)18-14-9-5-3-7-12(14)11-13-8-4-6-10-15(13)19-17(21)23-2/h3-10H,11H2,1-2H3,(H,18,20)(H,19,21). The summed E-state index contributed by atoms with van der Waals surface area (Å²) in [7, 11) is 0. The van der Waals surface area contributed by atoms with Crippen molar-refractivity contribution >= 4 is 45.4 Å². The van der Waals surface area contributed by atoms with Gasteiger partial charge in [-0.2, -0.15) is 0 Å². The number of benzene rings is 2. The van der Waals surface area contributed by atoms with Crippen LogP contribution >= 0.6 is 23.5 Å². The number of amides is 2. The molecule has 0 aliphatic rings. The molecular formula is C17H18N2O2S2. The Morgan fingerprint density at radius 3 is 1.57 bits per heavy atom. The van der Waals surface area contributed by atoms with Gasteiger partial charge in [-0.15, -0.1) is 0 Å². The highest BCUT2D eigenvalue weighted by Crippen LogP contribution is 2.25. The van der Waals surface area contributed by atoms with Crippen molar-refractivity contribution < 1.29 is 9.59 Å². The first-order chi connectivity index (χ1) is 11.1. The van der Waals surface area contributed by atoms with Crippen molar-refractivity contribution in [3.63, 3.8) is 0 Å². The summed E-state index contributed by atoms with van der Waals surface area (Å²) < 4.78 is 0. The summed E-state index contributed by atoms with van der Waals surface area (Å²) >= 11 is 2.28. The quantitative estimate of drug-likeness (QED) is 0.812. The van der Waals surface area contributed by atoms with Gasteiger partial charge in [-0.1, -0.05) is 59.9 Å². The first-order valence-corrected chi connectivity index (χ1v) is 9.44. The number of rotatable bonds is 4. The molecule has 0 atom stereocenters. The van der Waals surface area contributed by atoms with E-state index in [1.165, 1.54) is 0 Å². The molecule has 2 rings (SSSR count). The zero-order valence-electron chi connectivity index (χ0n) is 13.0. The van der Waals surface area contributed by atoms with Crippen LogP contribution in [0.15, 0.2) is 48.5 Å². The molecule has 2 N–H and O–H groups in total. The maximum absolute atomic E-state index is 11.6. The molecule has 0 saturated heterocycles. The maximum Gasteiger partial charge on any atom is 0.283 e. The monoisotopic (exact) mass is 346 g/mol. The van der Waals surface area contributed by atoms with Crippen LogP contribution in [0.1, 0.15) is 11.1 Å². The summed E-state index contributed by atoms with van der Waals surface area (Å²) in [6.45, 7) is 0. The van der Waals surface area contributed by atoms with Crippen LogP contribution in [-0.4, -0.2) is 23.0 Å². The van der Waals surface area contributed by atoms with Gasteiger partial charge in [-0.05, 0) is 35.8 Å². The third kappa shape index (κ3) is 5.04. The van der Waals surface area contributed by atoms with Crippen LogP contribution in [0.2, 0.25) is 0 Å². The minimum Gasteiger partial charge on any atom is -0.317 e. The van der Waals surface area contributed by atoms with Crippen molar-refractivity contribution in [1.29, 1.82) is 0 Å². The molecule has 23 heavy (non-hydrogen) atoms. The Hall–Kier alpha value is -1.92. The average molecular weight is 346 g/mol. The maximum atomic E-state index is 11.6. The van der Waals surface area contributed by atoms with Gasteiger partial charge in [-0.3, -0.25) is 9.59 Å². The summed E-state index contributed by atoms with van der Waals surface area (Å²) in [6.07, 6.45) is 4.10. The highest BCUT2D eigenvalue weighted by Gasteiger charge is 2.10. The molecule has 0 bridgehead atoms. The number of para-hydroxylation sites is 2. The smallest absolute Gasteiger partial charge is 0.283 e. The Morgan fingerprint density at radius 1 is 0.783 bits per heavy atom. The Balaban J connectivity index is 2.26. The highest BCUT2D eigenvalue weighted by atomic mass is 32.2. The van der Waals surface area contributed by atoms with Crippen LogP contribution < -0.4 is 10.6 Å². The van der Waals surface area contributed by atoms with Crippen molar-refractivity contribution in [3.05, 3.63) is 59.7 Å². The minimum atomic E-state index is -0.0959. The van der Waals surface area contributed by atoms with E-state index < -0.39 is 0 Å². The molecule has 0 aromatic heterocycles. The van der Waals surface area contributed by atoms with E-state index in [-0.39, 0.29) is 10.5 Å². The number of hydrogen-bond donors (Lipinski definition) is 2. The largest absolute Gasteiger partial charge is 0.317 e. The number of carbonyl (C=O) groups excluding carboxylic acids is 2. The predicted octanol–water partition coefficient (Wildman–Crippen LogP) is 5.07. The Bertz CT molecular complexity index is 645. The fourth-order valence-electron chi connectivity index (χ4n) is 2.12. The average Bonchev–Trinajstić information content (AvgIpc) is 2.58. The van der Waals surface area contributed by atoms with Gasteiger partial charge in [-0.25, -0.2) is 0 Å². The zero-order chi connectivity index (χ0) is 16.7. The third-order valence-electron chi connectivity index (χ3n) is 3.26. The molecule has 4 nitrogen and oxygen atoms in total. The second-order valence-electron chi connectivity index (χ2n) is 4.72. The summed E-state index contributed by atoms with van der Waals surface area (Å²) in [5.74, 6) is 0. The van der Waals surface area contributed by atoms with Crippen LogP contribution in [0.25, 0.3) is 0 Å². The Kier molecular flexibility index (Phi) is 6.55. The third-order valence-corrected chi connectivity index (χ3v) is 4.21. The van der Waals surface area contributed by atoms with Crippen molar-refractivity contribution in [1.82, 2.24) is 0 Å². The number of thioether (sulfide) groups is 2. The summed E-state index contributed by atoms with van der Waals surface area (Å²) in [5.41, 5.74) is 3.58. The van der Waals surface area contributed by atoms with Crippen LogP contribution in [-0.2, 0) is 6.42 Å². The molecule has 2 aromatic rings. The van der Waals surface area contributed by atoms with E-state index in [1.54, 1.807) is 12.5 Å². The van der Waals surface area contributed by atoms with Gasteiger partial charge < -0.3 is 10.6 Å².